The van der Waals surface area contributed by atoms with E-state index in [1.54, 1.807) is 6.20 Å². The SMILES string of the molecule is Cc1ccc(Cc2cnc(NC(=O)/C=C3\SC(=O)NC3=O)s2)cc1. The van der Waals surface area contributed by atoms with Gasteiger partial charge in [0.2, 0.25) is 0 Å². The second kappa shape index (κ2) is 6.98. The van der Waals surface area contributed by atoms with Gasteiger partial charge in [0.15, 0.2) is 5.13 Å². The number of amides is 3. The van der Waals surface area contributed by atoms with Crippen LogP contribution in [0.4, 0.5) is 9.93 Å². The molecule has 0 unspecified atom stereocenters. The molecule has 1 fully saturated rings. The number of benzene rings is 1. The van der Waals surface area contributed by atoms with Crippen molar-refractivity contribution in [1.82, 2.24) is 10.3 Å². The zero-order valence-electron chi connectivity index (χ0n) is 12.7. The van der Waals surface area contributed by atoms with Crippen molar-refractivity contribution in [3.8, 4) is 0 Å². The van der Waals surface area contributed by atoms with E-state index < -0.39 is 17.1 Å². The number of hydrogen-bond donors (Lipinski definition) is 2. The average Bonchev–Trinajstić information content (AvgIpc) is 3.08. The van der Waals surface area contributed by atoms with Crippen molar-refractivity contribution < 1.29 is 14.4 Å². The Bertz CT molecular complexity index is 841. The summed E-state index contributed by atoms with van der Waals surface area (Å²) in [6.07, 6.45) is 3.56. The van der Waals surface area contributed by atoms with E-state index in [1.807, 2.05) is 6.92 Å². The Morgan fingerprint density at radius 3 is 2.71 bits per heavy atom. The molecule has 24 heavy (non-hydrogen) atoms. The Morgan fingerprint density at radius 1 is 1.29 bits per heavy atom. The minimum atomic E-state index is -0.556. The minimum Gasteiger partial charge on any atom is -0.298 e. The van der Waals surface area contributed by atoms with E-state index in [-0.39, 0.29) is 4.91 Å². The summed E-state index contributed by atoms with van der Waals surface area (Å²) in [6.45, 7) is 2.04. The van der Waals surface area contributed by atoms with Gasteiger partial charge in [-0.25, -0.2) is 4.98 Å². The van der Waals surface area contributed by atoms with Gasteiger partial charge >= 0.3 is 0 Å². The molecule has 1 saturated heterocycles. The van der Waals surface area contributed by atoms with Crippen molar-refractivity contribution in [1.29, 1.82) is 0 Å². The Labute approximate surface area is 146 Å². The lowest BCUT2D eigenvalue weighted by Gasteiger charge is -1.99. The molecule has 2 heterocycles. The highest BCUT2D eigenvalue weighted by molar-refractivity contribution is 8.18. The van der Waals surface area contributed by atoms with Crippen LogP contribution in [0.15, 0.2) is 41.4 Å². The quantitative estimate of drug-likeness (QED) is 0.820. The Balaban J connectivity index is 1.62. The van der Waals surface area contributed by atoms with Gasteiger partial charge in [0, 0.05) is 23.6 Å². The molecular formula is C16H13N3O3S2. The number of carbonyl (C=O) groups excluding carboxylic acids is 3. The monoisotopic (exact) mass is 359 g/mol. The van der Waals surface area contributed by atoms with Crippen molar-refractivity contribution in [3.05, 3.63) is 57.4 Å². The topological polar surface area (TPSA) is 88.2 Å². The number of thioether (sulfide) groups is 1. The summed E-state index contributed by atoms with van der Waals surface area (Å²) in [5, 5.41) is 4.68. The molecule has 122 valence electrons. The third-order valence-corrected chi connectivity index (χ3v) is 4.91. The fourth-order valence-electron chi connectivity index (χ4n) is 2.04. The van der Waals surface area contributed by atoms with Crippen molar-refractivity contribution in [2.45, 2.75) is 13.3 Å². The number of rotatable bonds is 4. The summed E-state index contributed by atoms with van der Waals surface area (Å²) in [4.78, 5) is 39.6. The molecule has 3 rings (SSSR count). The largest absolute Gasteiger partial charge is 0.298 e. The van der Waals surface area contributed by atoms with Crippen LogP contribution in [0.1, 0.15) is 16.0 Å². The maximum Gasteiger partial charge on any atom is 0.290 e. The standard InChI is InChI=1S/C16H13N3O3S2/c1-9-2-4-10(5-3-9)6-11-8-17-15(23-11)18-13(20)7-12-14(21)19-16(22)24-12/h2-5,7-8H,6H2,1H3,(H,17,18,20)(H,19,21,22)/b12-7-. The molecule has 3 amide bonds. The van der Waals surface area contributed by atoms with Crippen molar-refractivity contribution in [2.75, 3.05) is 5.32 Å². The van der Waals surface area contributed by atoms with Crippen LogP contribution < -0.4 is 10.6 Å². The molecule has 2 aromatic rings. The number of aromatic nitrogens is 1. The molecule has 2 N–H and O–H groups in total. The second-order valence-electron chi connectivity index (χ2n) is 5.14. The number of imide groups is 1. The van der Waals surface area contributed by atoms with Crippen LogP contribution in [-0.2, 0) is 16.0 Å². The number of hydrogen-bond acceptors (Lipinski definition) is 6. The lowest BCUT2D eigenvalue weighted by molar-refractivity contribution is -0.116. The lowest BCUT2D eigenvalue weighted by atomic mass is 10.1. The highest BCUT2D eigenvalue weighted by atomic mass is 32.2. The van der Waals surface area contributed by atoms with E-state index in [9.17, 15) is 14.4 Å². The summed E-state index contributed by atoms with van der Waals surface area (Å²) in [7, 11) is 0. The van der Waals surface area contributed by atoms with Gasteiger partial charge in [0.25, 0.3) is 17.1 Å². The Kier molecular flexibility index (Phi) is 4.77. The predicted molar refractivity (Wildman–Crippen MR) is 93.9 cm³/mol. The van der Waals surface area contributed by atoms with Crippen LogP contribution in [0, 0.1) is 6.92 Å². The van der Waals surface area contributed by atoms with Crippen LogP contribution in [0.25, 0.3) is 0 Å². The van der Waals surface area contributed by atoms with Gasteiger partial charge < -0.3 is 0 Å². The number of aryl methyl sites for hydroxylation is 1. The molecule has 0 bridgehead atoms. The molecule has 8 heteroatoms. The first-order valence-corrected chi connectivity index (χ1v) is 8.69. The summed E-state index contributed by atoms with van der Waals surface area (Å²) in [5.41, 5.74) is 2.37. The van der Waals surface area contributed by atoms with Crippen LogP contribution in [-0.4, -0.2) is 22.0 Å². The van der Waals surface area contributed by atoms with Gasteiger partial charge in [-0.1, -0.05) is 29.8 Å². The van der Waals surface area contributed by atoms with Crippen molar-refractivity contribution in [2.24, 2.45) is 0 Å². The Hall–Kier alpha value is -2.45. The first-order chi connectivity index (χ1) is 11.5. The van der Waals surface area contributed by atoms with Gasteiger partial charge in [0.1, 0.15) is 0 Å². The first-order valence-electron chi connectivity index (χ1n) is 7.06. The van der Waals surface area contributed by atoms with Crippen molar-refractivity contribution in [3.63, 3.8) is 0 Å². The second-order valence-corrected chi connectivity index (χ2v) is 7.27. The van der Waals surface area contributed by atoms with Gasteiger partial charge in [-0.15, -0.1) is 11.3 Å². The summed E-state index contributed by atoms with van der Waals surface area (Å²) in [6, 6.07) is 8.23. The molecule has 0 radical (unpaired) electrons. The maximum absolute atomic E-state index is 11.9. The molecule has 1 aliphatic heterocycles. The third kappa shape index (κ3) is 4.09. The highest BCUT2D eigenvalue weighted by Crippen LogP contribution is 2.24. The summed E-state index contributed by atoms with van der Waals surface area (Å²) in [5.74, 6) is -1.04. The molecule has 1 aliphatic rings. The number of carbonyl (C=O) groups is 3. The van der Waals surface area contributed by atoms with Gasteiger partial charge in [-0.05, 0) is 24.2 Å². The summed E-state index contributed by atoms with van der Waals surface area (Å²) >= 11 is 2.08. The van der Waals surface area contributed by atoms with E-state index in [4.69, 9.17) is 0 Å². The number of anilines is 1. The normalized spacial score (nSPS) is 15.6. The van der Waals surface area contributed by atoms with Crippen LogP contribution in [0.5, 0.6) is 0 Å². The Morgan fingerprint density at radius 2 is 2.04 bits per heavy atom. The molecule has 0 spiro atoms. The average molecular weight is 359 g/mol. The number of nitrogens with zero attached hydrogens (tertiary/aromatic N) is 1. The smallest absolute Gasteiger partial charge is 0.290 e. The first kappa shape index (κ1) is 16.4. The third-order valence-electron chi connectivity index (χ3n) is 3.19. The fraction of sp³-hybridized carbons (Fsp3) is 0.125. The van der Waals surface area contributed by atoms with Crippen LogP contribution in [0.2, 0.25) is 0 Å². The summed E-state index contributed by atoms with van der Waals surface area (Å²) < 4.78 is 0. The van der Waals surface area contributed by atoms with Crippen LogP contribution >= 0.6 is 23.1 Å². The van der Waals surface area contributed by atoms with Gasteiger partial charge in [0.05, 0.1) is 4.91 Å². The fourth-order valence-corrected chi connectivity index (χ4v) is 3.54. The predicted octanol–water partition coefficient (Wildman–Crippen LogP) is 2.85. The molecular weight excluding hydrogens is 346 g/mol. The molecule has 6 nitrogen and oxygen atoms in total. The maximum atomic E-state index is 11.9. The molecule has 1 aromatic heterocycles. The van der Waals surface area contributed by atoms with Gasteiger partial charge in [-0.3, -0.25) is 25.0 Å². The highest BCUT2D eigenvalue weighted by Gasteiger charge is 2.26. The number of nitrogens with one attached hydrogen (secondary N) is 2. The molecule has 0 saturated carbocycles. The molecule has 0 aliphatic carbocycles. The van der Waals surface area contributed by atoms with Crippen molar-refractivity contribution >= 4 is 45.3 Å². The van der Waals surface area contributed by atoms with E-state index in [1.165, 1.54) is 22.5 Å². The van der Waals surface area contributed by atoms with E-state index in [0.29, 0.717) is 16.9 Å². The van der Waals surface area contributed by atoms with E-state index in [0.717, 1.165) is 17.4 Å². The minimum absolute atomic E-state index is 0.0777. The lowest BCUT2D eigenvalue weighted by Crippen LogP contribution is -2.18. The molecule has 0 atom stereocenters. The zero-order chi connectivity index (χ0) is 17.1. The van der Waals surface area contributed by atoms with E-state index in [2.05, 4.69) is 39.9 Å². The van der Waals surface area contributed by atoms with Gasteiger partial charge in [-0.2, -0.15) is 0 Å². The number of thiazole rings is 1. The molecule has 1 aromatic carbocycles. The zero-order valence-corrected chi connectivity index (χ0v) is 14.3. The van der Waals surface area contributed by atoms with Crippen LogP contribution in [0.3, 0.4) is 0 Å². The van der Waals surface area contributed by atoms with E-state index >= 15 is 0 Å².